The number of fused-ring (bicyclic) bond motifs is 2. The van der Waals surface area contributed by atoms with Crippen LogP contribution in [0.5, 0.6) is 0 Å². The van der Waals surface area contributed by atoms with Crippen molar-refractivity contribution >= 4 is 0 Å². The number of morpholine rings is 1. The first-order valence-electron chi connectivity index (χ1n) is 9.31. The van der Waals surface area contributed by atoms with Gasteiger partial charge in [0.2, 0.25) is 0 Å². The van der Waals surface area contributed by atoms with E-state index in [0.29, 0.717) is 26.1 Å². The molecule has 2 aliphatic heterocycles. The average Bonchev–Trinajstić information content (AvgIpc) is 3.07. The summed E-state index contributed by atoms with van der Waals surface area (Å²) >= 11 is 0. The van der Waals surface area contributed by atoms with Crippen molar-refractivity contribution in [1.82, 2.24) is 14.7 Å². The van der Waals surface area contributed by atoms with Crippen molar-refractivity contribution in [3.8, 4) is 0 Å². The van der Waals surface area contributed by atoms with Crippen molar-refractivity contribution < 1.29 is 9.84 Å². The molecule has 4 rings (SSSR count). The van der Waals surface area contributed by atoms with Gasteiger partial charge in [-0.2, -0.15) is 5.10 Å². The normalized spacial score (nSPS) is 29.7. The Morgan fingerprint density at radius 1 is 1.20 bits per heavy atom. The van der Waals surface area contributed by atoms with E-state index in [2.05, 4.69) is 47.3 Å². The van der Waals surface area contributed by atoms with Crippen LogP contribution in [0.1, 0.15) is 37.3 Å². The highest BCUT2D eigenvalue weighted by atomic mass is 16.5. The Kier molecular flexibility index (Phi) is 4.63. The van der Waals surface area contributed by atoms with Gasteiger partial charge in [0, 0.05) is 36.9 Å². The van der Waals surface area contributed by atoms with Crippen molar-refractivity contribution in [1.29, 1.82) is 0 Å². The number of ether oxygens (including phenoxy) is 1. The smallest absolute Gasteiger partial charge is 0.0958 e. The second kappa shape index (κ2) is 6.90. The van der Waals surface area contributed by atoms with Gasteiger partial charge in [0.25, 0.3) is 0 Å². The molecule has 2 atom stereocenters. The zero-order valence-corrected chi connectivity index (χ0v) is 14.8. The summed E-state index contributed by atoms with van der Waals surface area (Å²) in [4.78, 5) is 2.52. The van der Waals surface area contributed by atoms with Gasteiger partial charge in [-0.3, -0.25) is 9.58 Å². The van der Waals surface area contributed by atoms with Crippen LogP contribution in [-0.4, -0.2) is 45.1 Å². The maximum absolute atomic E-state index is 11.4. The molecule has 2 saturated heterocycles. The summed E-state index contributed by atoms with van der Waals surface area (Å²) in [7, 11) is 0. The predicted octanol–water partition coefficient (Wildman–Crippen LogP) is 2.54. The van der Waals surface area contributed by atoms with Crippen molar-refractivity contribution in [2.75, 3.05) is 13.2 Å². The van der Waals surface area contributed by atoms with Crippen molar-refractivity contribution in [3.05, 3.63) is 53.9 Å². The van der Waals surface area contributed by atoms with Gasteiger partial charge in [-0.15, -0.1) is 0 Å². The highest BCUT2D eigenvalue weighted by Crippen LogP contribution is 2.41. The molecule has 2 fully saturated rings. The van der Waals surface area contributed by atoms with Gasteiger partial charge in [0.1, 0.15) is 0 Å². The molecule has 0 radical (unpaired) electrons. The monoisotopic (exact) mass is 341 g/mol. The van der Waals surface area contributed by atoms with Crippen LogP contribution in [-0.2, 0) is 23.4 Å². The third-order valence-corrected chi connectivity index (χ3v) is 5.54. The van der Waals surface area contributed by atoms with Crippen LogP contribution in [0, 0.1) is 0 Å². The molecule has 2 unspecified atom stereocenters. The maximum Gasteiger partial charge on any atom is 0.0958 e. The number of rotatable bonds is 5. The Morgan fingerprint density at radius 3 is 2.60 bits per heavy atom. The highest BCUT2D eigenvalue weighted by Gasteiger charge is 2.47. The first-order chi connectivity index (χ1) is 12.2. The van der Waals surface area contributed by atoms with Gasteiger partial charge in [-0.25, -0.2) is 0 Å². The second-order valence-electron chi connectivity index (χ2n) is 7.43. The Labute approximate surface area is 149 Å². The van der Waals surface area contributed by atoms with Gasteiger partial charge in [0.05, 0.1) is 25.0 Å². The number of benzene rings is 1. The van der Waals surface area contributed by atoms with Crippen LogP contribution in [0.15, 0.2) is 42.7 Å². The van der Waals surface area contributed by atoms with Gasteiger partial charge in [0.15, 0.2) is 0 Å². The van der Waals surface area contributed by atoms with E-state index in [-0.39, 0.29) is 12.1 Å². The first-order valence-corrected chi connectivity index (χ1v) is 9.31. The third kappa shape index (κ3) is 3.36. The molecule has 134 valence electrons. The number of aromatic nitrogens is 2. The Morgan fingerprint density at radius 2 is 1.92 bits per heavy atom. The predicted molar refractivity (Wildman–Crippen MR) is 96.0 cm³/mol. The summed E-state index contributed by atoms with van der Waals surface area (Å²) in [5.74, 6) is 0. The lowest BCUT2D eigenvalue weighted by molar-refractivity contribution is -0.149. The van der Waals surface area contributed by atoms with E-state index in [4.69, 9.17) is 4.74 Å². The van der Waals surface area contributed by atoms with Crippen LogP contribution >= 0.6 is 0 Å². The number of piperidine rings is 1. The van der Waals surface area contributed by atoms with E-state index < -0.39 is 5.60 Å². The number of hydrogen-bond donors (Lipinski definition) is 1. The molecule has 0 amide bonds. The van der Waals surface area contributed by atoms with Gasteiger partial charge >= 0.3 is 0 Å². The molecular weight excluding hydrogens is 314 g/mol. The summed E-state index contributed by atoms with van der Waals surface area (Å²) in [6.07, 6.45) is 6.32. The summed E-state index contributed by atoms with van der Waals surface area (Å²) < 4.78 is 7.74. The molecule has 0 saturated carbocycles. The molecule has 1 aromatic heterocycles. The van der Waals surface area contributed by atoms with Gasteiger partial charge < -0.3 is 9.84 Å². The molecule has 5 nitrogen and oxygen atoms in total. The molecule has 0 spiro atoms. The molecule has 25 heavy (non-hydrogen) atoms. The number of hydrogen-bond acceptors (Lipinski definition) is 4. The standard InChI is InChI=1S/C20H27N3O2/c1-2-8-22-13-17(11-21-22)20(24)9-18-14-25-15-19(10-20)23(18)12-16-6-4-3-5-7-16/h3-7,11,13,18-19,24H,2,8-10,12,14-15H2,1H3. The Bertz CT molecular complexity index is 686. The third-order valence-electron chi connectivity index (χ3n) is 5.54. The fraction of sp³-hybridized carbons (Fsp3) is 0.550. The van der Waals surface area contributed by atoms with Crippen molar-refractivity contribution in [2.24, 2.45) is 0 Å². The van der Waals surface area contributed by atoms with E-state index >= 15 is 0 Å². The fourth-order valence-corrected chi connectivity index (χ4v) is 4.29. The van der Waals surface area contributed by atoms with Gasteiger partial charge in [-0.05, 0) is 24.8 Å². The van der Waals surface area contributed by atoms with Crippen LogP contribution in [0.25, 0.3) is 0 Å². The summed E-state index contributed by atoms with van der Waals surface area (Å²) in [6.45, 7) is 5.33. The molecule has 2 aliphatic rings. The molecule has 5 heteroatoms. The lowest BCUT2D eigenvalue weighted by atomic mass is 9.77. The summed E-state index contributed by atoms with van der Waals surface area (Å²) in [5.41, 5.74) is 1.48. The highest BCUT2D eigenvalue weighted by molar-refractivity contribution is 5.20. The minimum atomic E-state index is -0.793. The molecule has 2 bridgehead atoms. The lowest BCUT2D eigenvalue weighted by Gasteiger charge is -2.51. The van der Waals surface area contributed by atoms with Gasteiger partial charge in [-0.1, -0.05) is 37.3 Å². The Balaban J connectivity index is 1.53. The zero-order chi connectivity index (χ0) is 17.3. The average molecular weight is 341 g/mol. The minimum absolute atomic E-state index is 0.243. The minimum Gasteiger partial charge on any atom is -0.385 e. The first kappa shape index (κ1) is 16.8. The summed E-state index contributed by atoms with van der Waals surface area (Å²) in [6, 6.07) is 11.1. The largest absolute Gasteiger partial charge is 0.385 e. The molecule has 3 heterocycles. The maximum atomic E-state index is 11.4. The number of aryl methyl sites for hydroxylation is 1. The van der Waals surface area contributed by atoms with E-state index in [0.717, 1.165) is 25.1 Å². The van der Waals surface area contributed by atoms with E-state index in [9.17, 15) is 5.11 Å². The van der Waals surface area contributed by atoms with Crippen molar-refractivity contribution in [3.63, 3.8) is 0 Å². The second-order valence-corrected chi connectivity index (χ2v) is 7.43. The SMILES string of the molecule is CCCn1cc(C2(O)CC3COCC(C2)N3Cc2ccccc2)cn1. The van der Waals surface area contributed by atoms with E-state index in [1.54, 1.807) is 0 Å². The Hall–Kier alpha value is -1.69. The van der Waals surface area contributed by atoms with E-state index in [1.807, 2.05) is 17.1 Å². The van der Waals surface area contributed by atoms with Crippen LogP contribution < -0.4 is 0 Å². The molecule has 1 aromatic carbocycles. The van der Waals surface area contributed by atoms with Crippen molar-refractivity contribution in [2.45, 2.75) is 57.0 Å². The number of nitrogens with zero attached hydrogens (tertiary/aromatic N) is 3. The van der Waals surface area contributed by atoms with Crippen LogP contribution in [0.2, 0.25) is 0 Å². The van der Waals surface area contributed by atoms with Crippen LogP contribution in [0.4, 0.5) is 0 Å². The molecule has 0 aliphatic carbocycles. The quantitative estimate of drug-likeness (QED) is 0.908. The molecule has 2 aromatic rings. The number of aliphatic hydroxyl groups is 1. The molecular formula is C20H27N3O2. The fourth-order valence-electron chi connectivity index (χ4n) is 4.29. The molecule has 1 N–H and O–H groups in total. The van der Waals surface area contributed by atoms with Crippen LogP contribution in [0.3, 0.4) is 0 Å². The zero-order valence-electron chi connectivity index (χ0n) is 14.8. The summed E-state index contributed by atoms with van der Waals surface area (Å²) in [5, 5.41) is 15.8. The lowest BCUT2D eigenvalue weighted by Crippen LogP contribution is -2.60. The van der Waals surface area contributed by atoms with E-state index in [1.165, 1.54) is 5.56 Å². The topological polar surface area (TPSA) is 50.5 Å².